The van der Waals surface area contributed by atoms with Gasteiger partial charge < -0.3 is 19.9 Å². The van der Waals surface area contributed by atoms with E-state index in [2.05, 4.69) is 15.3 Å². The van der Waals surface area contributed by atoms with Crippen LogP contribution in [0.5, 0.6) is 6.01 Å². The number of ether oxygens (including phenoxy) is 2. The molecule has 2 N–H and O–H groups in total. The minimum Gasteiger partial charge on any atom is -0.481 e. The molecule has 20 heavy (non-hydrogen) atoms. The van der Waals surface area contributed by atoms with Crippen LogP contribution >= 0.6 is 11.6 Å². The maximum Gasteiger partial charge on any atom is 0.318 e. The SMILES string of the molecule is COc1ncc(Cl)c(NCC2(C(=O)O)CCOCC2)n1. The third kappa shape index (κ3) is 3.10. The van der Waals surface area contributed by atoms with E-state index >= 15 is 0 Å². The summed E-state index contributed by atoms with van der Waals surface area (Å²) in [6.45, 7) is 1.11. The van der Waals surface area contributed by atoms with Crippen LogP contribution in [0.2, 0.25) is 5.02 Å². The molecule has 1 aliphatic heterocycles. The number of methoxy groups -OCH3 is 1. The van der Waals surface area contributed by atoms with Crippen molar-refractivity contribution >= 4 is 23.4 Å². The Morgan fingerprint density at radius 2 is 2.30 bits per heavy atom. The first-order chi connectivity index (χ1) is 9.57. The van der Waals surface area contributed by atoms with Gasteiger partial charge >= 0.3 is 12.0 Å². The van der Waals surface area contributed by atoms with Gasteiger partial charge in [-0.3, -0.25) is 4.79 Å². The van der Waals surface area contributed by atoms with E-state index in [1.807, 2.05) is 0 Å². The lowest BCUT2D eigenvalue weighted by Gasteiger charge is -2.33. The molecule has 1 aliphatic rings. The molecule has 2 rings (SSSR count). The number of carboxylic acids is 1. The standard InChI is InChI=1S/C12H16ClN3O4/c1-19-11-14-6-8(13)9(16-11)15-7-12(10(17)18)2-4-20-5-3-12/h6H,2-5,7H2,1H3,(H,17,18)(H,14,15,16). The molecule has 0 aliphatic carbocycles. The molecule has 0 amide bonds. The summed E-state index contributed by atoms with van der Waals surface area (Å²) in [5.74, 6) is -0.476. The largest absolute Gasteiger partial charge is 0.481 e. The summed E-state index contributed by atoms with van der Waals surface area (Å²) >= 11 is 5.98. The third-order valence-corrected chi connectivity index (χ3v) is 3.68. The van der Waals surface area contributed by atoms with Crippen molar-refractivity contribution in [3.63, 3.8) is 0 Å². The number of anilines is 1. The Labute approximate surface area is 121 Å². The van der Waals surface area contributed by atoms with Gasteiger partial charge in [-0.1, -0.05) is 11.6 Å². The van der Waals surface area contributed by atoms with Gasteiger partial charge in [0.05, 0.1) is 18.7 Å². The summed E-state index contributed by atoms with van der Waals surface area (Å²) in [5.41, 5.74) is -0.861. The number of nitrogens with one attached hydrogen (secondary N) is 1. The Balaban J connectivity index is 2.11. The van der Waals surface area contributed by atoms with E-state index in [-0.39, 0.29) is 12.6 Å². The van der Waals surface area contributed by atoms with Crippen molar-refractivity contribution in [1.82, 2.24) is 9.97 Å². The Morgan fingerprint density at radius 3 is 2.90 bits per heavy atom. The van der Waals surface area contributed by atoms with Crippen LogP contribution in [-0.4, -0.2) is 47.9 Å². The fraction of sp³-hybridized carbons (Fsp3) is 0.583. The van der Waals surface area contributed by atoms with E-state index in [4.69, 9.17) is 21.1 Å². The van der Waals surface area contributed by atoms with Crippen LogP contribution in [0.3, 0.4) is 0 Å². The minimum absolute atomic E-state index is 0.174. The number of hydrogen-bond donors (Lipinski definition) is 2. The Hall–Kier alpha value is -1.60. The molecule has 110 valence electrons. The number of carboxylic acid groups (broad SMARTS) is 1. The lowest BCUT2D eigenvalue weighted by molar-refractivity contribution is -0.153. The molecule has 1 aromatic rings. The monoisotopic (exact) mass is 301 g/mol. The van der Waals surface area contributed by atoms with Crippen LogP contribution in [0, 0.1) is 5.41 Å². The topological polar surface area (TPSA) is 93.6 Å². The average molecular weight is 302 g/mol. The predicted octanol–water partition coefficient (Wildman–Crippen LogP) is 1.43. The summed E-state index contributed by atoms with van der Waals surface area (Å²) in [6, 6.07) is 0.174. The number of aromatic nitrogens is 2. The van der Waals surface area contributed by atoms with Gasteiger partial charge in [0.15, 0.2) is 5.82 Å². The van der Waals surface area contributed by atoms with E-state index < -0.39 is 11.4 Å². The summed E-state index contributed by atoms with van der Waals surface area (Å²) in [7, 11) is 1.45. The second-order valence-corrected chi connectivity index (χ2v) is 5.01. The number of hydrogen-bond acceptors (Lipinski definition) is 6. The molecule has 0 saturated carbocycles. The highest BCUT2D eigenvalue weighted by Crippen LogP contribution is 2.32. The summed E-state index contributed by atoms with van der Waals surface area (Å²) < 4.78 is 10.1. The van der Waals surface area contributed by atoms with Crippen LogP contribution in [0.25, 0.3) is 0 Å². The highest BCUT2D eigenvalue weighted by Gasteiger charge is 2.40. The Bertz CT molecular complexity index is 492. The van der Waals surface area contributed by atoms with Gasteiger partial charge in [-0.25, -0.2) is 4.98 Å². The number of aliphatic carboxylic acids is 1. The number of nitrogens with zero attached hydrogens (tertiary/aromatic N) is 2. The van der Waals surface area contributed by atoms with Crippen molar-refractivity contribution in [2.24, 2.45) is 5.41 Å². The molecule has 8 heteroatoms. The average Bonchev–Trinajstić information content (AvgIpc) is 2.47. The smallest absolute Gasteiger partial charge is 0.318 e. The summed E-state index contributed by atoms with van der Waals surface area (Å²) in [6.07, 6.45) is 2.32. The third-order valence-electron chi connectivity index (χ3n) is 3.40. The molecule has 0 radical (unpaired) electrons. The summed E-state index contributed by atoms with van der Waals surface area (Å²) in [5, 5.41) is 12.7. The van der Waals surface area contributed by atoms with Crippen LogP contribution in [0.4, 0.5) is 5.82 Å². The molecule has 0 bridgehead atoms. The molecule has 0 unspecified atom stereocenters. The van der Waals surface area contributed by atoms with E-state index in [0.29, 0.717) is 36.9 Å². The molecule has 1 fully saturated rings. The van der Waals surface area contributed by atoms with E-state index in [0.717, 1.165) is 0 Å². The van der Waals surface area contributed by atoms with Gasteiger partial charge in [0.2, 0.25) is 0 Å². The molecule has 0 spiro atoms. The van der Waals surface area contributed by atoms with Crippen molar-refractivity contribution in [2.75, 3.05) is 32.2 Å². The van der Waals surface area contributed by atoms with E-state index in [1.54, 1.807) is 0 Å². The Kier molecular flexibility index (Phi) is 4.61. The molecule has 0 aromatic carbocycles. The van der Waals surface area contributed by atoms with E-state index in [1.165, 1.54) is 13.3 Å². The fourth-order valence-electron chi connectivity index (χ4n) is 2.05. The zero-order valence-electron chi connectivity index (χ0n) is 11.1. The van der Waals surface area contributed by atoms with Gasteiger partial charge in [-0.2, -0.15) is 4.98 Å². The first-order valence-electron chi connectivity index (χ1n) is 6.19. The van der Waals surface area contributed by atoms with Gasteiger partial charge in [0.1, 0.15) is 5.02 Å². The first-order valence-corrected chi connectivity index (χ1v) is 6.57. The molecular weight excluding hydrogens is 286 g/mol. The van der Waals surface area contributed by atoms with Crippen LogP contribution in [-0.2, 0) is 9.53 Å². The van der Waals surface area contributed by atoms with Gasteiger partial charge in [-0.15, -0.1) is 0 Å². The van der Waals surface area contributed by atoms with Crippen LogP contribution in [0.1, 0.15) is 12.8 Å². The zero-order chi connectivity index (χ0) is 14.6. The van der Waals surface area contributed by atoms with Crippen molar-refractivity contribution in [3.05, 3.63) is 11.2 Å². The summed E-state index contributed by atoms with van der Waals surface area (Å²) in [4.78, 5) is 19.4. The highest BCUT2D eigenvalue weighted by molar-refractivity contribution is 6.32. The van der Waals surface area contributed by atoms with Crippen molar-refractivity contribution < 1.29 is 19.4 Å². The molecule has 2 heterocycles. The second kappa shape index (κ2) is 6.23. The quantitative estimate of drug-likeness (QED) is 0.849. The number of rotatable bonds is 5. The molecule has 0 atom stereocenters. The zero-order valence-corrected chi connectivity index (χ0v) is 11.8. The molecule has 1 saturated heterocycles. The number of carbonyl (C=O) groups is 1. The Morgan fingerprint density at radius 1 is 1.60 bits per heavy atom. The molecule has 7 nitrogen and oxygen atoms in total. The van der Waals surface area contributed by atoms with Crippen LogP contribution in [0.15, 0.2) is 6.20 Å². The normalized spacial score (nSPS) is 17.5. The molecule has 1 aromatic heterocycles. The minimum atomic E-state index is -0.861. The van der Waals surface area contributed by atoms with Gasteiger partial charge in [0, 0.05) is 19.8 Å². The predicted molar refractivity (Wildman–Crippen MR) is 72.2 cm³/mol. The van der Waals surface area contributed by atoms with Crippen molar-refractivity contribution in [1.29, 1.82) is 0 Å². The van der Waals surface area contributed by atoms with Crippen LogP contribution < -0.4 is 10.1 Å². The maximum atomic E-state index is 11.5. The van der Waals surface area contributed by atoms with Gasteiger partial charge in [-0.05, 0) is 12.8 Å². The highest BCUT2D eigenvalue weighted by atomic mass is 35.5. The number of halogens is 1. The fourth-order valence-corrected chi connectivity index (χ4v) is 2.21. The van der Waals surface area contributed by atoms with Gasteiger partial charge in [0.25, 0.3) is 0 Å². The lowest BCUT2D eigenvalue weighted by atomic mass is 9.80. The second-order valence-electron chi connectivity index (χ2n) is 4.60. The maximum absolute atomic E-state index is 11.5. The van der Waals surface area contributed by atoms with E-state index in [9.17, 15) is 9.90 Å². The van der Waals surface area contributed by atoms with Crippen molar-refractivity contribution in [3.8, 4) is 6.01 Å². The molecular formula is C12H16ClN3O4. The van der Waals surface area contributed by atoms with Crippen molar-refractivity contribution in [2.45, 2.75) is 12.8 Å². The lowest BCUT2D eigenvalue weighted by Crippen LogP contribution is -2.42. The first kappa shape index (κ1) is 14.8.